The van der Waals surface area contributed by atoms with E-state index in [1.54, 1.807) is 32.4 Å². The summed E-state index contributed by atoms with van der Waals surface area (Å²) in [5, 5.41) is 15.5. The van der Waals surface area contributed by atoms with Crippen molar-refractivity contribution in [2.24, 2.45) is 0 Å². The zero-order valence-corrected chi connectivity index (χ0v) is 20.4. The van der Waals surface area contributed by atoms with Gasteiger partial charge in [0.1, 0.15) is 17.1 Å². The highest BCUT2D eigenvalue weighted by Crippen LogP contribution is 2.24. The van der Waals surface area contributed by atoms with Gasteiger partial charge in [-0.15, -0.1) is 0 Å². The maximum atomic E-state index is 11.7. The number of hydrogen-bond donors (Lipinski definition) is 2. The molecule has 0 atom stereocenters. The van der Waals surface area contributed by atoms with E-state index in [1.165, 1.54) is 0 Å². The van der Waals surface area contributed by atoms with Crippen molar-refractivity contribution in [2.75, 3.05) is 19.5 Å². The number of carboxylic acids is 1. The highest BCUT2D eigenvalue weighted by molar-refractivity contribution is 5.95. The van der Waals surface area contributed by atoms with Crippen LogP contribution in [0.15, 0.2) is 72.8 Å². The lowest BCUT2D eigenvalue weighted by molar-refractivity contribution is 0.0634. The van der Waals surface area contributed by atoms with Gasteiger partial charge in [-0.05, 0) is 90.8 Å². The molecule has 4 aromatic rings. The molecule has 1 amide bonds. The van der Waals surface area contributed by atoms with Gasteiger partial charge in [0.25, 0.3) is 0 Å². The number of amides is 1. The molecule has 35 heavy (non-hydrogen) atoms. The molecule has 0 aromatic heterocycles. The molecule has 0 radical (unpaired) electrons. The standard InChI is InChI=1S/C16H19NO3.C12H10O3/c1-16(2,3)20-15(18)17-13-7-5-12-10-14(19-4)8-6-11(12)9-13;1-15-11-5-4-8-6-10(12(13)14)3-2-9(8)7-11/h5-10H,1-4H3,(H,17,18);2-7H,1H3,(H,13,14). The third-order valence-electron chi connectivity index (χ3n) is 4.99. The number of ether oxygens (including phenoxy) is 3. The highest BCUT2D eigenvalue weighted by atomic mass is 16.6. The predicted molar refractivity (Wildman–Crippen MR) is 138 cm³/mol. The van der Waals surface area contributed by atoms with Crippen molar-refractivity contribution in [3.8, 4) is 11.5 Å². The molecule has 7 nitrogen and oxygen atoms in total. The summed E-state index contributed by atoms with van der Waals surface area (Å²) >= 11 is 0. The zero-order valence-electron chi connectivity index (χ0n) is 20.4. The van der Waals surface area contributed by atoms with Crippen LogP contribution in [0.1, 0.15) is 31.1 Å². The number of anilines is 1. The van der Waals surface area contributed by atoms with Gasteiger partial charge in [0.05, 0.1) is 19.8 Å². The fourth-order valence-electron chi connectivity index (χ4n) is 3.33. The van der Waals surface area contributed by atoms with Gasteiger partial charge >= 0.3 is 12.1 Å². The van der Waals surface area contributed by atoms with Crippen molar-refractivity contribution >= 4 is 39.3 Å². The first kappa shape index (κ1) is 25.4. The van der Waals surface area contributed by atoms with Crippen LogP contribution in [0.5, 0.6) is 11.5 Å². The van der Waals surface area contributed by atoms with Crippen molar-refractivity contribution in [3.63, 3.8) is 0 Å². The monoisotopic (exact) mass is 475 g/mol. The van der Waals surface area contributed by atoms with Crippen LogP contribution in [0.4, 0.5) is 10.5 Å². The molecular formula is C28H29NO6. The number of carboxylic acid groups (broad SMARTS) is 1. The summed E-state index contributed by atoms with van der Waals surface area (Å²) in [6.07, 6.45) is -0.453. The van der Waals surface area contributed by atoms with Crippen LogP contribution in [0.25, 0.3) is 21.5 Å². The lowest BCUT2D eigenvalue weighted by atomic mass is 10.1. The van der Waals surface area contributed by atoms with Crippen molar-refractivity contribution < 1.29 is 28.9 Å². The molecule has 0 heterocycles. The molecule has 0 aliphatic carbocycles. The van der Waals surface area contributed by atoms with E-state index in [-0.39, 0.29) is 0 Å². The Morgan fingerprint density at radius 1 is 0.714 bits per heavy atom. The molecule has 2 N–H and O–H groups in total. The van der Waals surface area contributed by atoms with Crippen LogP contribution in [-0.2, 0) is 4.74 Å². The molecule has 0 aliphatic rings. The van der Waals surface area contributed by atoms with E-state index in [9.17, 15) is 9.59 Å². The summed E-state index contributed by atoms with van der Waals surface area (Å²) in [6, 6.07) is 22.0. The Balaban J connectivity index is 0.000000203. The summed E-state index contributed by atoms with van der Waals surface area (Å²) in [4.78, 5) is 22.5. The Morgan fingerprint density at radius 2 is 1.20 bits per heavy atom. The number of aromatic carboxylic acids is 1. The van der Waals surface area contributed by atoms with E-state index < -0.39 is 17.7 Å². The number of carbonyl (C=O) groups excluding carboxylic acids is 1. The van der Waals surface area contributed by atoms with Gasteiger partial charge in [-0.25, -0.2) is 9.59 Å². The van der Waals surface area contributed by atoms with Crippen LogP contribution < -0.4 is 14.8 Å². The molecule has 0 spiro atoms. The summed E-state index contributed by atoms with van der Waals surface area (Å²) < 4.78 is 15.5. The van der Waals surface area contributed by atoms with E-state index in [1.807, 2.05) is 75.4 Å². The van der Waals surface area contributed by atoms with E-state index in [0.29, 0.717) is 11.3 Å². The quantitative estimate of drug-likeness (QED) is 0.339. The minimum Gasteiger partial charge on any atom is -0.497 e. The van der Waals surface area contributed by atoms with Crippen LogP contribution in [0.3, 0.4) is 0 Å². The Bertz CT molecular complexity index is 1360. The van der Waals surface area contributed by atoms with Crippen LogP contribution >= 0.6 is 0 Å². The third kappa shape index (κ3) is 7.11. The molecule has 0 bridgehead atoms. The molecule has 0 unspecified atom stereocenters. The smallest absolute Gasteiger partial charge is 0.412 e. The minimum absolute atomic E-state index is 0.299. The number of benzene rings is 4. The molecule has 7 heteroatoms. The minimum atomic E-state index is -0.910. The Labute approximate surface area is 204 Å². The molecule has 0 saturated carbocycles. The number of carbonyl (C=O) groups is 2. The van der Waals surface area contributed by atoms with Crippen LogP contribution in [0, 0.1) is 0 Å². The van der Waals surface area contributed by atoms with Gasteiger partial charge < -0.3 is 19.3 Å². The summed E-state index contributed by atoms with van der Waals surface area (Å²) in [5.41, 5.74) is 0.499. The van der Waals surface area contributed by atoms with Crippen LogP contribution in [-0.4, -0.2) is 37.0 Å². The molecule has 4 rings (SSSR count). The van der Waals surface area contributed by atoms with Gasteiger partial charge in [-0.3, -0.25) is 5.32 Å². The molecule has 182 valence electrons. The van der Waals surface area contributed by atoms with Gasteiger partial charge in [-0.2, -0.15) is 0 Å². The first-order valence-electron chi connectivity index (χ1n) is 11.0. The summed E-state index contributed by atoms with van der Waals surface area (Å²) in [5.74, 6) is 0.670. The molecule has 0 aliphatic heterocycles. The number of methoxy groups -OCH3 is 2. The second-order valence-electron chi connectivity index (χ2n) is 8.79. The Hall–Kier alpha value is -4.26. The second-order valence-corrected chi connectivity index (χ2v) is 8.79. The fraction of sp³-hybridized carbons (Fsp3) is 0.214. The number of hydrogen-bond acceptors (Lipinski definition) is 5. The van der Waals surface area contributed by atoms with Crippen molar-refractivity contribution in [3.05, 3.63) is 78.4 Å². The second kappa shape index (κ2) is 10.8. The first-order valence-corrected chi connectivity index (χ1v) is 11.0. The first-order chi connectivity index (χ1) is 16.6. The Kier molecular flexibility index (Phi) is 7.81. The molecule has 0 fully saturated rings. The van der Waals surface area contributed by atoms with Crippen LogP contribution in [0.2, 0.25) is 0 Å². The maximum absolute atomic E-state index is 11.7. The average Bonchev–Trinajstić information content (AvgIpc) is 2.82. The largest absolute Gasteiger partial charge is 0.497 e. The molecule has 4 aromatic carbocycles. The van der Waals surface area contributed by atoms with Crippen molar-refractivity contribution in [1.82, 2.24) is 0 Å². The summed E-state index contributed by atoms with van der Waals surface area (Å²) in [7, 11) is 3.24. The maximum Gasteiger partial charge on any atom is 0.412 e. The van der Waals surface area contributed by atoms with Crippen molar-refractivity contribution in [1.29, 1.82) is 0 Å². The molecular weight excluding hydrogens is 446 g/mol. The van der Waals surface area contributed by atoms with Gasteiger partial charge in [0, 0.05) is 5.69 Å². The average molecular weight is 476 g/mol. The van der Waals surface area contributed by atoms with Gasteiger partial charge in [0.2, 0.25) is 0 Å². The van der Waals surface area contributed by atoms with E-state index in [0.717, 1.165) is 33.0 Å². The van der Waals surface area contributed by atoms with Gasteiger partial charge in [-0.1, -0.05) is 24.3 Å². The lowest BCUT2D eigenvalue weighted by Crippen LogP contribution is -2.27. The zero-order chi connectivity index (χ0) is 25.6. The summed E-state index contributed by atoms with van der Waals surface area (Å²) in [6.45, 7) is 5.50. The third-order valence-corrected chi connectivity index (χ3v) is 4.99. The molecule has 0 saturated heterocycles. The lowest BCUT2D eigenvalue weighted by Gasteiger charge is -2.19. The topological polar surface area (TPSA) is 94.1 Å². The van der Waals surface area contributed by atoms with E-state index in [2.05, 4.69) is 5.32 Å². The normalized spacial score (nSPS) is 10.8. The van der Waals surface area contributed by atoms with Gasteiger partial charge in [0.15, 0.2) is 0 Å². The number of rotatable bonds is 4. The number of nitrogens with one attached hydrogen (secondary N) is 1. The van der Waals surface area contributed by atoms with E-state index in [4.69, 9.17) is 19.3 Å². The Morgan fingerprint density at radius 3 is 1.71 bits per heavy atom. The highest BCUT2D eigenvalue weighted by Gasteiger charge is 2.16. The van der Waals surface area contributed by atoms with E-state index >= 15 is 0 Å². The number of fused-ring (bicyclic) bond motifs is 2. The fourth-order valence-corrected chi connectivity index (χ4v) is 3.33. The SMILES string of the molecule is COc1ccc2cc(C(=O)O)ccc2c1.COc1ccc2cc(NC(=O)OC(C)(C)C)ccc2c1. The predicted octanol–water partition coefficient (Wildman–Crippen LogP) is 6.74. The van der Waals surface area contributed by atoms with Crippen molar-refractivity contribution in [2.45, 2.75) is 26.4 Å².